The van der Waals surface area contributed by atoms with E-state index < -0.39 is 0 Å². The second-order valence-corrected chi connectivity index (χ2v) is 6.53. The Morgan fingerprint density at radius 3 is 1.67 bits per heavy atom. The minimum Gasteiger partial charge on any atom is -0.378 e. The van der Waals surface area contributed by atoms with E-state index in [1.165, 1.54) is 0 Å². The molecule has 0 aromatic carbocycles. The number of alkyl halides is 2. The molecule has 0 aromatic rings. The highest BCUT2D eigenvalue weighted by Crippen LogP contribution is 2.67. The van der Waals surface area contributed by atoms with Crippen LogP contribution in [0.2, 0.25) is 0 Å². The van der Waals surface area contributed by atoms with E-state index >= 15 is 0 Å². The predicted molar refractivity (Wildman–Crippen MR) is 45.2 cm³/mol. The van der Waals surface area contributed by atoms with Crippen LogP contribution in [0.5, 0.6) is 0 Å². The molecule has 0 heterocycles. The van der Waals surface area contributed by atoms with Crippen LogP contribution in [0, 0.1) is 5.41 Å². The Morgan fingerprint density at radius 2 is 1.67 bits per heavy atom. The van der Waals surface area contributed by atoms with Gasteiger partial charge in [0.1, 0.15) is 3.23 Å². The highest BCUT2D eigenvalue weighted by Gasteiger charge is 2.69. The summed E-state index contributed by atoms with van der Waals surface area (Å²) in [6.07, 6.45) is 0.296. The average molecular weight is 258 g/mol. The van der Waals surface area contributed by atoms with Gasteiger partial charge in [0.25, 0.3) is 0 Å². The fourth-order valence-electron chi connectivity index (χ4n) is 1.06. The van der Waals surface area contributed by atoms with Gasteiger partial charge in [-0.15, -0.1) is 0 Å². The van der Waals surface area contributed by atoms with Gasteiger partial charge in [-0.1, -0.05) is 45.7 Å². The van der Waals surface area contributed by atoms with Gasteiger partial charge in [0, 0.05) is 12.5 Å². The number of methoxy groups -OCH3 is 1. The molecule has 1 nitrogen and oxygen atoms in total. The topological polar surface area (TPSA) is 9.23 Å². The lowest BCUT2D eigenvalue weighted by molar-refractivity contribution is 0.153. The van der Waals surface area contributed by atoms with Crippen LogP contribution in [0.3, 0.4) is 0 Å². The lowest BCUT2D eigenvalue weighted by Crippen LogP contribution is -1.96. The van der Waals surface area contributed by atoms with Crippen LogP contribution < -0.4 is 0 Å². The van der Waals surface area contributed by atoms with Gasteiger partial charge in [-0.3, -0.25) is 0 Å². The molecule has 0 saturated heterocycles. The Bertz CT molecular complexity index is 117. The monoisotopic (exact) mass is 256 g/mol. The largest absolute Gasteiger partial charge is 0.378 e. The molecule has 0 radical (unpaired) electrons. The van der Waals surface area contributed by atoms with Crippen molar-refractivity contribution < 1.29 is 4.74 Å². The molecule has 0 aliphatic heterocycles. The fourth-order valence-corrected chi connectivity index (χ4v) is 2.76. The maximum absolute atomic E-state index is 5.20. The summed E-state index contributed by atoms with van der Waals surface area (Å²) in [6, 6.07) is 0. The summed E-state index contributed by atoms with van der Waals surface area (Å²) in [5, 5.41) is 0. The summed E-state index contributed by atoms with van der Waals surface area (Å²) in [5.74, 6) is 0. The molecule has 0 spiro atoms. The molecule has 0 unspecified atom stereocenters. The van der Waals surface area contributed by atoms with Crippen molar-refractivity contribution in [2.45, 2.75) is 23.2 Å². The van der Waals surface area contributed by atoms with Crippen molar-refractivity contribution in [1.29, 1.82) is 0 Å². The first-order valence-corrected chi connectivity index (χ1v) is 4.44. The van der Waals surface area contributed by atoms with Crippen molar-refractivity contribution in [2.75, 3.05) is 7.11 Å². The maximum Gasteiger partial charge on any atom is 0.115 e. The summed E-state index contributed by atoms with van der Waals surface area (Å²) >= 11 is 7.05. The molecule has 3 heteroatoms. The first-order chi connectivity index (χ1) is 3.94. The van der Waals surface area contributed by atoms with Crippen molar-refractivity contribution in [3.8, 4) is 0 Å². The van der Waals surface area contributed by atoms with Gasteiger partial charge in [0.15, 0.2) is 0 Å². The van der Waals surface area contributed by atoms with E-state index in [0.717, 1.165) is 0 Å². The van der Waals surface area contributed by atoms with Crippen molar-refractivity contribution in [3.05, 3.63) is 0 Å². The van der Waals surface area contributed by atoms with Gasteiger partial charge in [-0.2, -0.15) is 0 Å². The third kappa shape index (κ3) is 0.889. The Balaban J connectivity index is 2.66. The Hall–Kier alpha value is 0.920. The van der Waals surface area contributed by atoms with E-state index in [4.69, 9.17) is 4.74 Å². The molecule has 1 atom stereocenters. The maximum atomic E-state index is 5.20. The van der Waals surface area contributed by atoms with Crippen LogP contribution in [0.15, 0.2) is 0 Å². The third-order valence-corrected chi connectivity index (χ3v) is 4.87. The predicted octanol–water partition coefficient (Wildman–Crippen LogP) is 2.53. The molecular weight excluding hydrogens is 248 g/mol. The Morgan fingerprint density at radius 1 is 1.33 bits per heavy atom. The second kappa shape index (κ2) is 1.95. The molecular formula is C6H10Br2O. The summed E-state index contributed by atoms with van der Waals surface area (Å²) in [5.41, 5.74) is 0.224. The molecule has 9 heavy (non-hydrogen) atoms. The Labute approximate surface area is 72.4 Å². The van der Waals surface area contributed by atoms with Crippen LogP contribution in [0.1, 0.15) is 13.8 Å². The highest BCUT2D eigenvalue weighted by atomic mass is 79.9. The van der Waals surface area contributed by atoms with E-state index in [1.54, 1.807) is 7.11 Å². The second-order valence-electron chi connectivity index (χ2n) is 2.96. The van der Waals surface area contributed by atoms with E-state index in [1.807, 2.05) is 0 Å². The van der Waals surface area contributed by atoms with Gasteiger partial charge in [-0.25, -0.2) is 0 Å². The molecule has 0 bridgehead atoms. The van der Waals surface area contributed by atoms with E-state index in [2.05, 4.69) is 45.7 Å². The van der Waals surface area contributed by atoms with Crippen LogP contribution >= 0.6 is 31.9 Å². The number of ether oxygens (including phenoxy) is 1. The molecule has 0 aromatic heterocycles. The summed E-state index contributed by atoms with van der Waals surface area (Å²) in [6.45, 7) is 4.31. The summed E-state index contributed by atoms with van der Waals surface area (Å²) in [7, 11) is 1.73. The van der Waals surface area contributed by atoms with Gasteiger partial charge in [-0.05, 0) is 0 Å². The standard InChI is InChI=1S/C6H10Br2O/c1-5(2)4(9-3)6(5,7)8/h4H,1-3H3/t4-/m1/s1. The molecule has 1 aliphatic carbocycles. The average Bonchev–Trinajstić information content (AvgIpc) is 2.00. The first kappa shape index (κ1) is 8.02. The number of hydrogen-bond donors (Lipinski definition) is 0. The zero-order chi connectivity index (χ0) is 7.28. The van der Waals surface area contributed by atoms with E-state index in [9.17, 15) is 0 Å². The van der Waals surface area contributed by atoms with Gasteiger partial charge in [0.2, 0.25) is 0 Å². The van der Waals surface area contributed by atoms with Gasteiger partial charge >= 0.3 is 0 Å². The minimum atomic E-state index is 0.0156. The first-order valence-electron chi connectivity index (χ1n) is 2.85. The molecule has 1 fully saturated rings. The van der Waals surface area contributed by atoms with Crippen LogP contribution in [-0.4, -0.2) is 16.4 Å². The lowest BCUT2D eigenvalue weighted by atomic mass is 10.2. The highest BCUT2D eigenvalue weighted by molar-refractivity contribution is 9.25. The minimum absolute atomic E-state index is 0.0156. The molecule has 1 saturated carbocycles. The van der Waals surface area contributed by atoms with Crippen molar-refractivity contribution in [3.63, 3.8) is 0 Å². The van der Waals surface area contributed by atoms with E-state index in [-0.39, 0.29) is 8.65 Å². The normalized spacial score (nSPS) is 36.3. The molecule has 0 amide bonds. The number of hydrogen-bond acceptors (Lipinski definition) is 1. The summed E-state index contributed by atoms with van der Waals surface area (Å²) in [4.78, 5) is 0. The van der Waals surface area contributed by atoms with Crippen LogP contribution in [0.4, 0.5) is 0 Å². The van der Waals surface area contributed by atoms with Crippen LogP contribution in [-0.2, 0) is 4.74 Å². The Kier molecular flexibility index (Phi) is 1.74. The van der Waals surface area contributed by atoms with Crippen molar-refractivity contribution >= 4 is 31.9 Å². The molecule has 54 valence electrons. The number of rotatable bonds is 1. The zero-order valence-corrected chi connectivity index (χ0v) is 8.91. The lowest BCUT2D eigenvalue weighted by Gasteiger charge is -1.98. The van der Waals surface area contributed by atoms with Gasteiger partial charge < -0.3 is 4.74 Å². The quantitative estimate of drug-likeness (QED) is 0.656. The summed E-state index contributed by atoms with van der Waals surface area (Å²) < 4.78 is 5.21. The third-order valence-electron chi connectivity index (χ3n) is 2.00. The molecule has 0 N–H and O–H groups in total. The zero-order valence-electron chi connectivity index (χ0n) is 5.74. The van der Waals surface area contributed by atoms with Crippen LogP contribution in [0.25, 0.3) is 0 Å². The van der Waals surface area contributed by atoms with Crippen molar-refractivity contribution in [1.82, 2.24) is 0 Å². The number of halogens is 2. The fraction of sp³-hybridized carbons (Fsp3) is 1.00. The van der Waals surface area contributed by atoms with Gasteiger partial charge in [0.05, 0.1) is 6.10 Å². The van der Waals surface area contributed by atoms with Crippen molar-refractivity contribution in [2.24, 2.45) is 5.41 Å². The molecule has 1 rings (SSSR count). The SMILES string of the molecule is CO[C@@H]1C(C)(C)C1(Br)Br. The molecule has 1 aliphatic rings. The van der Waals surface area contributed by atoms with E-state index in [0.29, 0.717) is 6.10 Å². The smallest absolute Gasteiger partial charge is 0.115 e.